The summed E-state index contributed by atoms with van der Waals surface area (Å²) in [7, 11) is 0. The van der Waals surface area contributed by atoms with Crippen LogP contribution in [-0.2, 0) is 0 Å². The van der Waals surface area contributed by atoms with Crippen LogP contribution in [0.1, 0.15) is 13.3 Å². The van der Waals surface area contributed by atoms with Gasteiger partial charge in [-0.25, -0.2) is 0 Å². The summed E-state index contributed by atoms with van der Waals surface area (Å²) in [4.78, 5) is 0. The van der Waals surface area contributed by atoms with Gasteiger partial charge >= 0.3 is 0 Å². The van der Waals surface area contributed by atoms with Crippen LogP contribution in [0.15, 0.2) is 24.3 Å². The molecule has 1 heteroatoms. The Hall–Kier alpha value is -0.560. The van der Waals surface area contributed by atoms with Crippen molar-refractivity contribution in [3.63, 3.8) is 0 Å². The molecule has 8 heavy (non-hydrogen) atoms. The van der Waals surface area contributed by atoms with E-state index in [9.17, 15) is 0 Å². The minimum Gasteiger partial charge on any atom is -0.396 e. The molecule has 0 aromatic rings. The number of aliphatic hydroxyl groups excluding tert-OH is 1. The first-order chi connectivity index (χ1) is 3.77. The van der Waals surface area contributed by atoms with Gasteiger partial charge in [-0.2, -0.15) is 0 Å². The van der Waals surface area contributed by atoms with Crippen LogP contribution in [0.4, 0.5) is 0 Å². The number of allylic oxidation sites excluding steroid dienone is 2. The van der Waals surface area contributed by atoms with E-state index < -0.39 is 0 Å². The molecule has 0 atom stereocenters. The second-order valence-electron chi connectivity index (χ2n) is 1.76. The van der Waals surface area contributed by atoms with Crippen molar-refractivity contribution in [1.29, 1.82) is 0 Å². The lowest BCUT2D eigenvalue weighted by Gasteiger charge is -1.83. The molecule has 0 bridgehead atoms. The molecule has 0 amide bonds. The van der Waals surface area contributed by atoms with Crippen LogP contribution < -0.4 is 0 Å². The monoisotopic (exact) mass is 112 g/mol. The Morgan fingerprint density at radius 3 is 2.75 bits per heavy atom. The summed E-state index contributed by atoms with van der Waals surface area (Å²) in [6, 6.07) is 0. The molecule has 0 radical (unpaired) electrons. The van der Waals surface area contributed by atoms with Gasteiger partial charge in [-0.1, -0.05) is 24.3 Å². The number of hydrogen-bond donors (Lipinski definition) is 1. The molecule has 1 nitrogen and oxygen atoms in total. The van der Waals surface area contributed by atoms with Crippen LogP contribution in [-0.4, -0.2) is 11.7 Å². The third kappa shape index (κ3) is 5.44. The molecular weight excluding hydrogens is 100 g/mol. The molecule has 0 aliphatic heterocycles. The Labute approximate surface area is 50.3 Å². The lowest BCUT2D eigenvalue weighted by atomic mass is 10.3. The Kier molecular flexibility index (Phi) is 4.27. The third-order valence-electron chi connectivity index (χ3n) is 0.698. The second-order valence-corrected chi connectivity index (χ2v) is 1.76. The zero-order valence-electron chi connectivity index (χ0n) is 5.22. The fourth-order valence-electron chi connectivity index (χ4n) is 0.359. The van der Waals surface area contributed by atoms with Gasteiger partial charge in [0, 0.05) is 6.61 Å². The van der Waals surface area contributed by atoms with Gasteiger partial charge in [0.25, 0.3) is 0 Å². The van der Waals surface area contributed by atoms with Crippen LogP contribution in [0.25, 0.3) is 0 Å². The van der Waals surface area contributed by atoms with Crippen LogP contribution in [0.5, 0.6) is 0 Å². The summed E-state index contributed by atoms with van der Waals surface area (Å²) in [6.07, 6.45) is 4.53. The predicted molar refractivity (Wildman–Crippen MR) is 35.7 cm³/mol. The summed E-state index contributed by atoms with van der Waals surface area (Å²) >= 11 is 0. The average Bonchev–Trinajstić information content (AvgIpc) is 1.66. The fraction of sp³-hybridized carbons (Fsp3) is 0.429. The Morgan fingerprint density at radius 1 is 1.75 bits per heavy atom. The maximum Gasteiger partial charge on any atom is 0.0465 e. The summed E-state index contributed by atoms with van der Waals surface area (Å²) < 4.78 is 0. The summed E-state index contributed by atoms with van der Waals surface area (Å²) in [5.74, 6) is 0. The summed E-state index contributed by atoms with van der Waals surface area (Å²) in [6.45, 7) is 5.81. The molecule has 0 aromatic carbocycles. The molecule has 0 aromatic heterocycles. The Bertz CT molecular complexity index is 92.6. The topological polar surface area (TPSA) is 20.2 Å². The molecule has 0 fully saturated rings. The molecular formula is C7H12O. The van der Waals surface area contributed by atoms with E-state index in [4.69, 9.17) is 5.11 Å². The molecule has 46 valence electrons. The van der Waals surface area contributed by atoms with E-state index >= 15 is 0 Å². The highest BCUT2D eigenvalue weighted by Gasteiger charge is 1.73. The lowest BCUT2D eigenvalue weighted by Crippen LogP contribution is -1.74. The van der Waals surface area contributed by atoms with E-state index in [0.29, 0.717) is 0 Å². The first kappa shape index (κ1) is 7.44. The van der Waals surface area contributed by atoms with E-state index in [-0.39, 0.29) is 6.61 Å². The third-order valence-corrected chi connectivity index (χ3v) is 0.698. The predicted octanol–water partition coefficient (Wildman–Crippen LogP) is 1.50. The van der Waals surface area contributed by atoms with Gasteiger partial charge < -0.3 is 5.11 Å². The van der Waals surface area contributed by atoms with Gasteiger partial charge in [-0.15, -0.1) is 0 Å². The zero-order valence-corrected chi connectivity index (χ0v) is 5.22. The Morgan fingerprint density at radius 2 is 2.38 bits per heavy atom. The number of hydrogen-bond acceptors (Lipinski definition) is 1. The molecule has 0 saturated heterocycles. The van der Waals surface area contributed by atoms with Gasteiger partial charge in [0.15, 0.2) is 0 Å². The van der Waals surface area contributed by atoms with Crippen molar-refractivity contribution < 1.29 is 5.11 Å². The quantitative estimate of drug-likeness (QED) is 0.548. The van der Waals surface area contributed by atoms with Gasteiger partial charge in [0.05, 0.1) is 0 Å². The molecule has 0 spiro atoms. The van der Waals surface area contributed by atoms with Crippen LogP contribution in [0, 0.1) is 0 Å². The molecule has 0 aliphatic rings. The molecule has 0 aliphatic carbocycles. The number of rotatable bonds is 3. The van der Waals surface area contributed by atoms with E-state index in [1.54, 1.807) is 0 Å². The van der Waals surface area contributed by atoms with Crippen molar-refractivity contribution in [2.75, 3.05) is 6.61 Å². The highest BCUT2D eigenvalue weighted by atomic mass is 16.2. The highest BCUT2D eigenvalue weighted by molar-refractivity contribution is 5.10. The van der Waals surface area contributed by atoms with E-state index in [1.807, 2.05) is 19.1 Å². The molecule has 0 unspecified atom stereocenters. The van der Waals surface area contributed by atoms with Crippen molar-refractivity contribution in [2.24, 2.45) is 0 Å². The maximum atomic E-state index is 8.30. The summed E-state index contributed by atoms with van der Waals surface area (Å²) in [5.41, 5.74) is 1.03. The van der Waals surface area contributed by atoms with E-state index in [2.05, 4.69) is 6.58 Å². The van der Waals surface area contributed by atoms with Gasteiger partial charge in [0.1, 0.15) is 0 Å². The van der Waals surface area contributed by atoms with Crippen LogP contribution >= 0.6 is 0 Å². The van der Waals surface area contributed by atoms with Crippen molar-refractivity contribution in [2.45, 2.75) is 13.3 Å². The van der Waals surface area contributed by atoms with Crippen molar-refractivity contribution >= 4 is 0 Å². The summed E-state index contributed by atoms with van der Waals surface area (Å²) in [5, 5.41) is 8.30. The van der Waals surface area contributed by atoms with Gasteiger partial charge in [-0.3, -0.25) is 0 Å². The van der Waals surface area contributed by atoms with Gasteiger partial charge in [0.2, 0.25) is 0 Å². The molecule has 0 saturated carbocycles. The van der Waals surface area contributed by atoms with E-state index in [0.717, 1.165) is 12.0 Å². The largest absolute Gasteiger partial charge is 0.396 e. The molecule has 0 heterocycles. The molecule has 0 rings (SSSR count). The molecule has 1 N–H and O–H groups in total. The van der Waals surface area contributed by atoms with E-state index in [1.165, 1.54) is 0 Å². The normalized spacial score (nSPS) is 10.2. The van der Waals surface area contributed by atoms with Crippen LogP contribution in [0.2, 0.25) is 0 Å². The lowest BCUT2D eigenvalue weighted by molar-refractivity contribution is 0.302. The number of aliphatic hydroxyl groups is 1. The maximum absolute atomic E-state index is 8.30. The Balaban J connectivity index is 3.20. The zero-order chi connectivity index (χ0) is 6.41. The van der Waals surface area contributed by atoms with Crippen molar-refractivity contribution in [3.05, 3.63) is 24.3 Å². The van der Waals surface area contributed by atoms with Gasteiger partial charge in [-0.05, 0) is 13.3 Å². The van der Waals surface area contributed by atoms with Crippen molar-refractivity contribution in [3.8, 4) is 0 Å². The second kappa shape index (κ2) is 4.60. The highest BCUT2D eigenvalue weighted by Crippen LogP contribution is 1.89. The average molecular weight is 112 g/mol. The SMILES string of the molecule is C=C(C)/C=C\CCO. The minimum atomic E-state index is 0.226. The standard InChI is InChI=1S/C7H12O/c1-7(2)5-3-4-6-8/h3,5,8H,1,4,6H2,2H3/b5-3-. The minimum absolute atomic E-state index is 0.226. The first-order valence-corrected chi connectivity index (χ1v) is 2.70. The first-order valence-electron chi connectivity index (χ1n) is 2.70. The van der Waals surface area contributed by atoms with Crippen molar-refractivity contribution in [1.82, 2.24) is 0 Å². The fourth-order valence-corrected chi connectivity index (χ4v) is 0.359. The smallest absolute Gasteiger partial charge is 0.0465 e. The van der Waals surface area contributed by atoms with Crippen LogP contribution in [0.3, 0.4) is 0 Å².